The van der Waals surface area contributed by atoms with Crippen molar-refractivity contribution in [1.29, 1.82) is 5.26 Å². The van der Waals surface area contributed by atoms with E-state index in [9.17, 15) is 0 Å². The Balaban J connectivity index is 2.28. The van der Waals surface area contributed by atoms with Crippen LogP contribution in [0.4, 0.5) is 5.82 Å². The average Bonchev–Trinajstić information content (AvgIpc) is 3.09. The van der Waals surface area contributed by atoms with E-state index >= 15 is 0 Å². The van der Waals surface area contributed by atoms with Gasteiger partial charge in [0.15, 0.2) is 5.76 Å². The molecule has 0 radical (unpaired) electrons. The molecule has 0 aliphatic rings. The second kappa shape index (κ2) is 4.83. The summed E-state index contributed by atoms with van der Waals surface area (Å²) in [6.07, 6.45) is 1.59. The quantitative estimate of drug-likeness (QED) is 0.774. The second-order valence-corrected chi connectivity index (χ2v) is 5.60. The maximum atomic E-state index is 9.13. The van der Waals surface area contributed by atoms with Crippen molar-refractivity contribution in [1.82, 2.24) is 4.98 Å². The van der Waals surface area contributed by atoms with E-state index in [1.165, 1.54) is 4.88 Å². The fourth-order valence-corrected chi connectivity index (χ4v) is 2.87. The SMILES string of the molecule is Cc1ccc(-c2cc(C#N)c(N)nc2-c2ccco2)s1. The molecule has 0 bridgehead atoms. The predicted molar refractivity (Wildman–Crippen MR) is 79.1 cm³/mol. The lowest BCUT2D eigenvalue weighted by atomic mass is 10.1. The molecule has 0 aromatic carbocycles. The van der Waals surface area contributed by atoms with Crippen LogP contribution in [0.15, 0.2) is 41.0 Å². The van der Waals surface area contributed by atoms with E-state index in [1.54, 1.807) is 29.7 Å². The van der Waals surface area contributed by atoms with Crippen LogP contribution >= 0.6 is 11.3 Å². The number of rotatable bonds is 2. The number of nitriles is 1. The molecule has 0 atom stereocenters. The monoisotopic (exact) mass is 281 g/mol. The molecule has 4 nitrogen and oxygen atoms in total. The first-order chi connectivity index (χ1) is 9.69. The van der Waals surface area contributed by atoms with E-state index in [-0.39, 0.29) is 5.82 Å². The Hall–Kier alpha value is -2.58. The van der Waals surface area contributed by atoms with Crippen molar-refractivity contribution in [3.63, 3.8) is 0 Å². The van der Waals surface area contributed by atoms with Crippen molar-refractivity contribution in [3.8, 4) is 28.0 Å². The normalized spacial score (nSPS) is 10.4. The van der Waals surface area contributed by atoms with Gasteiger partial charge in [-0.1, -0.05) is 0 Å². The van der Waals surface area contributed by atoms with Gasteiger partial charge in [-0.15, -0.1) is 11.3 Å². The summed E-state index contributed by atoms with van der Waals surface area (Å²) in [5.74, 6) is 0.859. The Morgan fingerprint density at radius 3 is 2.80 bits per heavy atom. The summed E-state index contributed by atoms with van der Waals surface area (Å²) >= 11 is 1.65. The van der Waals surface area contributed by atoms with Crippen molar-refractivity contribution in [2.45, 2.75) is 6.92 Å². The Kier molecular flexibility index (Phi) is 3.01. The molecule has 3 rings (SSSR count). The van der Waals surface area contributed by atoms with Crippen molar-refractivity contribution >= 4 is 17.2 Å². The highest BCUT2D eigenvalue weighted by Crippen LogP contribution is 2.36. The van der Waals surface area contributed by atoms with E-state index in [0.717, 1.165) is 10.4 Å². The second-order valence-electron chi connectivity index (χ2n) is 4.32. The largest absolute Gasteiger partial charge is 0.463 e. The Bertz CT molecular complexity index is 797. The van der Waals surface area contributed by atoms with Crippen molar-refractivity contribution in [3.05, 3.63) is 47.0 Å². The number of aryl methyl sites for hydroxylation is 1. The van der Waals surface area contributed by atoms with Crippen LogP contribution in [0.25, 0.3) is 21.9 Å². The standard InChI is InChI=1S/C15H11N3OS/c1-9-4-5-13(20-9)11-7-10(8-16)15(17)18-14(11)12-3-2-6-19-12/h2-7H,1H3,(H2,17,18). The molecular formula is C15H11N3OS. The first kappa shape index (κ1) is 12.5. The molecule has 3 aromatic heterocycles. The number of hydrogen-bond acceptors (Lipinski definition) is 5. The van der Waals surface area contributed by atoms with Crippen LogP contribution in [-0.2, 0) is 0 Å². The number of furan rings is 1. The zero-order valence-electron chi connectivity index (χ0n) is 10.8. The molecule has 20 heavy (non-hydrogen) atoms. The minimum absolute atomic E-state index is 0.218. The van der Waals surface area contributed by atoms with Gasteiger partial charge in [0.05, 0.1) is 11.8 Å². The minimum atomic E-state index is 0.218. The Labute approximate surface area is 120 Å². The third-order valence-corrected chi connectivity index (χ3v) is 3.97. The number of hydrogen-bond donors (Lipinski definition) is 1. The van der Waals surface area contributed by atoms with Crippen LogP contribution < -0.4 is 5.73 Å². The van der Waals surface area contributed by atoms with E-state index in [2.05, 4.69) is 11.1 Å². The van der Waals surface area contributed by atoms with Gasteiger partial charge in [0.25, 0.3) is 0 Å². The van der Waals surface area contributed by atoms with Gasteiger partial charge in [0, 0.05) is 15.3 Å². The lowest BCUT2D eigenvalue weighted by Gasteiger charge is -2.07. The lowest BCUT2D eigenvalue weighted by molar-refractivity contribution is 0.580. The molecule has 98 valence electrons. The fraction of sp³-hybridized carbons (Fsp3) is 0.0667. The zero-order chi connectivity index (χ0) is 14.1. The van der Waals surface area contributed by atoms with Crippen molar-refractivity contribution < 1.29 is 4.42 Å². The molecule has 0 spiro atoms. The molecule has 0 saturated carbocycles. The molecule has 3 heterocycles. The van der Waals surface area contributed by atoms with Crippen LogP contribution in [0.2, 0.25) is 0 Å². The minimum Gasteiger partial charge on any atom is -0.463 e. The number of pyridine rings is 1. The summed E-state index contributed by atoms with van der Waals surface area (Å²) < 4.78 is 5.42. The van der Waals surface area contributed by atoms with Gasteiger partial charge in [-0.25, -0.2) is 4.98 Å². The number of nitrogens with two attached hydrogens (primary N) is 1. The van der Waals surface area contributed by atoms with Crippen LogP contribution in [0.5, 0.6) is 0 Å². The summed E-state index contributed by atoms with van der Waals surface area (Å²) in [5.41, 5.74) is 7.72. The van der Waals surface area contributed by atoms with Gasteiger partial charge in [-0.05, 0) is 37.3 Å². The topological polar surface area (TPSA) is 75.8 Å². The molecule has 0 amide bonds. The number of anilines is 1. The number of nitrogens with zero attached hydrogens (tertiary/aromatic N) is 2. The highest BCUT2D eigenvalue weighted by atomic mass is 32.1. The molecule has 0 aliphatic heterocycles. The van der Waals surface area contributed by atoms with Gasteiger partial charge in [-0.2, -0.15) is 5.26 Å². The van der Waals surface area contributed by atoms with Gasteiger partial charge in [0.1, 0.15) is 17.6 Å². The first-order valence-electron chi connectivity index (χ1n) is 6.00. The van der Waals surface area contributed by atoms with E-state index in [4.69, 9.17) is 15.4 Å². The Morgan fingerprint density at radius 1 is 1.35 bits per heavy atom. The summed E-state index contributed by atoms with van der Waals surface area (Å²) in [5, 5.41) is 9.13. The molecule has 3 aromatic rings. The first-order valence-corrected chi connectivity index (χ1v) is 6.82. The summed E-state index contributed by atoms with van der Waals surface area (Å²) in [6, 6.07) is 11.5. The fourth-order valence-electron chi connectivity index (χ4n) is 1.99. The van der Waals surface area contributed by atoms with Crippen LogP contribution in [0, 0.1) is 18.3 Å². The van der Waals surface area contributed by atoms with E-state index in [0.29, 0.717) is 17.0 Å². The highest BCUT2D eigenvalue weighted by Gasteiger charge is 2.16. The maximum absolute atomic E-state index is 9.13. The summed E-state index contributed by atoms with van der Waals surface area (Å²) in [6.45, 7) is 2.04. The average molecular weight is 281 g/mol. The van der Waals surface area contributed by atoms with E-state index in [1.807, 2.05) is 25.1 Å². The van der Waals surface area contributed by atoms with Crippen LogP contribution in [0.3, 0.4) is 0 Å². The van der Waals surface area contributed by atoms with E-state index < -0.39 is 0 Å². The molecular weight excluding hydrogens is 270 g/mol. The van der Waals surface area contributed by atoms with Crippen molar-refractivity contribution in [2.75, 3.05) is 5.73 Å². The number of aromatic nitrogens is 1. The molecule has 0 saturated heterocycles. The van der Waals surface area contributed by atoms with Crippen LogP contribution in [0.1, 0.15) is 10.4 Å². The number of thiophene rings is 1. The predicted octanol–water partition coefficient (Wildman–Crippen LogP) is 3.83. The molecule has 0 unspecified atom stereocenters. The van der Waals surface area contributed by atoms with Crippen molar-refractivity contribution in [2.24, 2.45) is 0 Å². The highest BCUT2D eigenvalue weighted by molar-refractivity contribution is 7.15. The van der Waals surface area contributed by atoms with Gasteiger partial charge < -0.3 is 10.2 Å². The number of nitrogen functional groups attached to an aromatic ring is 1. The molecule has 5 heteroatoms. The zero-order valence-corrected chi connectivity index (χ0v) is 11.6. The summed E-state index contributed by atoms with van der Waals surface area (Å²) in [7, 11) is 0. The van der Waals surface area contributed by atoms with Crippen LogP contribution in [-0.4, -0.2) is 4.98 Å². The summed E-state index contributed by atoms with van der Waals surface area (Å²) in [4.78, 5) is 6.58. The third-order valence-electron chi connectivity index (χ3n) is 2.93. The molecule has 2 N–H and O–H groups in total. The smallest absolute Gasteiger partial charge is 0.152 e. The van der Waals surface area contributed by atoms with Gasteiger partial charge >= 0.3 is 0 Å². The van der Waals surface area contributed by atoms with Gasteiger partial charge in [-0.3, -0.25) is 0 Å². The third kappa shape index (κ3) is 2.06. The Morgan fingerprint density at radius 2 is 2.20 bits per heavy atom. The molecule has 0 aliphatic carbocycles. The lowest BCUT2D eigenvalue weighted by Crippen LogP contribution is -1.98. The van der Waals surface area contributed by atoms with Gasteiger partial charge in [0.2, 0.25) is 0 Å². The maximum Gasteiger partial charge on any atom is 0.152 e. The molecule has 0 fully saturated rings.